The van der Waals surface area contributed by atoms with Crippen molar-refractivity contribution in [3.63, 3.8) is 0 Å². The van der Waals surface area contributed by atoms with Gasteiger partial charge in [0.15, 0.2) is 0 Å². The second-order valence-corrected chi connectivity index (χ2v) is 4.05. The molecule has 0 saturated carbocycles. The third-order valence-electron chi connectivity index (χ3n) is 2.54. The van der Waals surface area contributed by atoms with Crippen LogP contribution < -0.4 is 0 Å². The van der Waals surface area contributed by atoms with Crippen LogP contribution in [0.2, 0.25) is 0 Å². The van der Waals surface area contributed by atoms with E-state index in [-0.39, 0.29) is 0 Å². The van der Waals surface area contributed by atoms with E-state index in [1.807, 2.05) is 48.5 Å². The Morgan fingerprint density at radius 1 is 0.850 bits per heavy atom. The molecule has 0 aliphatic carbocycles. The molecule has 2 aromatic rings. The lowest BCUT2D eigenvalue weighted by Gasteiger charge is -1.90. The maximum atomic E-state index is 11.6. The fourth-order valence-corrected chi connectivity index (χ4v) is 1.52. The molecule has 2 nitrogen and oxygen atoms in total. The summed E-state index contributed by atoms with van der Waals surface area (Å²) >= 11 is 0. The molecule has 0 atom stereocenters. The zero-order valence-electron chi connectivity index (χ0n) is 10.7. The maximum Gasteiger partial charge on any atom is 0.276 e. The molecule has 2 heteroatoms. The van der Waals surface area contributed by atoms with Gasteiger partial charge in [0.2, 0.25) is 5.78 Å². The second-order valence-electron chi connectivity index (χ2n) is 4.05. The van der Waals surface area contributed by atoms with Gasteiger partial charge in [-0.25, -0.2) is 0 Å². The van der Waals surface area contributed by atoms with Gasteiger partial charge in [0, 0.05) is 5.56 Å². The van der Waals surface area contributed by atoms with Crippen LogP contribution in [0.25, 0.3) is 6.08 Å². The summed E-state index contributed by atoms with van der Waals surface area (Å²) in [6.07, 6.45) is 2.85. The average molecular weight is 260 g/mol. The Morgan fingerprint density at radius 3 is 2.10 bits per heavy atom. The number of hydrogen-bond donors (Lipinski definition) is 0. The SMILES string of the molecule is O=C(C#Cc1ccccc1)C(=O)C=Cc1ccccc1. The average Bonchev–Trinajstić information content (AvgIpc) is 2.52. The van der Waals surface area contributed by atoms with E-state index in [2.05, 4.69) is 11.8 Å². The lowest BCUT2D eigenvalue weighted by molar-refractivity contribution is -0.130. The van der Waals surface area contributed by atoms with Crippen molar-refractivity contribution in [1.29, 1.82) is 0 Å². The zero-order valence-corrected chi connectivity index (χ0v) is 10.7. The van der Waals surface area contributed by atoms with E-state index in [9.17, 15) is 9.59 Å². The fraction of sp³-hybridized carbons (Fsp3) is 0. The van der Waals surface area contributed by atoms with Gasteiger partial charge in [-0.15, -0.1) is 0 Å². The van der Waals surface area contributed by atoms with E-state index < -0.39 is 11.6 Å². The van der Waals surface area contributed by atoms with Crippen molar-refractivity contribution in [3.8, 4) is 11.8 Å². The molecule has 0 aromatic heterocycles. The molecule has 0 spiro atoms. The predicted molar refractivity (Wildman–Crippen MR) is 78.8 cm³/mol. The summed E-state index contributed by atoms with van der Waals surface area (Å²) in [7, 11) is 0. The van der Waals surface area contributed by atoms with Crippen LogP contribution in [0, 0.1) is 11.8 Å². The van der Waals surface area contributed by atoms with Crippen molar-refractivity contribution in [2.24, 2.45) is 0 Å². The van der Waals surface area contributed by atoms with Gasteiger partial charge in [0.25, 0.3) is 5.78 Å². The van der Waals surface area contributed by atoms with E-state index in [0.29, 0.717) is 5.56 Å². The molecule has 2 rings (SSSR count). The molecule has 0 saturated heterocycles. The highest BCUT2D eigenvalue weighted by Crippen LogP contribution is 2.01. The Hall–Kier alpha value is -2.92. The highest BCUT2D eigenvalue weighted by molar-refractivity contribution is 6.48. The normalized spacial score (nSPS) is 9.80. The van der Waals surface area contributed by atoms with Crippen LogP contribution >= 0.6 is 0 Å². The van der Waals surface area contributed by atoms with Crippen molar-refractivity contribution in [1.82, 2.24) is 0 Å². The summed E-state index contributed by atoms with van der Waals surface area (Å²) in [5, 5.41) is 0. The molecule has 0 aliphatic rings. The summed E-state index contributed by atoms with van der Waals surface area (Å²) in [5.41, 5.74) is 1.57. The summed E-state index contributed by atoms with van der Waals surface area (Å²) < 4.78 is 0. The molecule has 0 heterocycles. The molecular formula is C18H12O2. The van der Waals surface area contributed by atoms with Gasteiger partial charge in [0.1, 0.15) is 0 Å². The van der Waals surface area contributed by atoms with Gasteiger partial charge < -0.3 is 0 Å². The van der Waals surface area contributed by atoms with Crippen LogP contribution in [0.3, 0.4) is 0 Å². The van der Waals surface area contributed by atoms with Gasteiger partial charge in [-0.1, -0.05) is 60.5 Å². The van der Waals surface area contributed by atoms with E-state index in [1.165, 1.54) is 6.08 Å². The monoisotopic (exact) mass is 260 g/mol. The topological polar surface area (TPSA) is 34.1 Å². The molecule has 20 heavy (non-hydrogen) atoms. The molecular weight excluding hydrogens is 248 g/mol. The zero-order chi connectivity index (χ0) is 14.2. The summed E-state index contributed by atoms with van der Waals surface area (Å²) in [5.74, 6) is 3.69. The number of benzene rings is 2. The van der Waals surface area contributed by atoms with Crippen LogP contribution in [-0.2, 0) is 9.59 Å². The van der Waals surface area contributed by atoms with Crippen molar-refractivity contribution in [2.75, 3.05) is 0 Å². The van der Waals surface area contributed by atoms with Crippen LogP contribution in [-0.4, -0.2) is 11.6 Å². The number of ketones is 2. The minimum Gasteiger partial charge on any atom is -0.285 e. The van der Waals surface area contributed by atoms with E-state index in [0.717, 1.165) is 5.56 Å². The number of carbonyl (C=O) groups excluding carboxylic acids is 2. The first-order valence-corrected chi connectivity index (χ1v) is 6.14. The molecule has 2 aromatic carbocycles. The quantitative estimate of drug-likeness (QED) is 0.483. The van der Waals surface area contributed by atoms with Crippen LogP contribution in [0.5, 0.6) is 0 Å². The minimum absolute atomic E-state index is 0.614. The first-order chi connectivity index (χ1) is 9.75. The Bertz CT molecular complexity index is 686. The minimum atomic E-state index is -0.707. The largest absolute Gasteiger partial charge is 0.285 e. The Balaban J connectivity index is 2.02. The highest BCUT2D eigenvalue weighted by atomic mass is 16.2. The number of rotatable bonds is 3. The number of hydrogen-bond acceptors (Lipinski definition) is 2. The lowest BCUT2D eigenvalue weighted by Crippen LogP contribution is -2.07. The second kappa shape index (κ2) is 6.86. The Labute approximate surface area is 117 Å². The predicted octanol–water partition coefficient (Wildman–Crippen LogP) is 2.89. The molecule has 0 radical (unpaired) electrons. The van der Waals surface area contributed by atoms with Crippen LogP contribution in [0.1, 0.15) is 11.1 Å². The van der Waals surface area contributed by atoms with Crippen molar-refractivity contribution < 1.29 is 9.59 Å². The van der Waals surface area contributed by atoms with Gasteiger partial charge in [-0.05, 0) is 29.7 Å². The highest BCUT2D eigenvalue weighted by Gasteiger charge is 2.05. The standard InChI is InChI=1S/C18H12O2/c19-17(13-11-15-7-3-1-4-8-15)18(20)14-12-16-9-5-2-6-10-16/h1-11,13H. The van der Waals surface area contributed by atoms with E-state index in [1.54, 1.807) is 18.2 Å². The van der Waals surface area contributed by atoms with Gasteiger partial charge in [0.05, 0.1) is 0 Å². The third kappa shape index (κ3) is 4.08. The third-order valence-corrected chi connectivity index (χ3v) is 2.54. The maximum absolute atomic E-state index is 11.6. The number of Topliss-reactive ketones (excluding diaryl/α,β-unsaturated/α-hetero) is 1. The first-order valence-electron chi connectivity index (χ1n) is 6.14. The molecule has 0 fully saturated rings. The van der Waals surface area contributed by atoms with Gasteiger partial charge in [-0.2, -0.15) is 0 Å². The lowest BCUT2D eigenvalue weighted by atomic mass is 10.1. The van der Waals surface area contributed by atoms with Gasteiger partial charge in [-0.3, -0.25) is 9.59 Å². The van der Waals surface area contributed by atoms with Crippen LogP contribution in [0.15, 0.2) is 66.7 Å². The molecule has 0 amide bonds. The fourth-order valence-electron chi connectivity index (χ4n) is 1.52. The molecule has 0 bridgehead atoms. The smallest absolute Gasteiger partial charge is 0.276 e. The molecule has 96 valence electrons. The molecule has 0 N–H and O–H groups in total. The van der Waals surface area contributed by atoms with Crippen molar-refractivity contribution in [3.05, 3.63) is 77.9 Å². The first kappa shape index (κ1) is 13.5. The number of allylic oxidation sites excluding steroid dienone is 1. The summed E-state index contributed by atoms with van der Waals surface area (Å²) in [4.78, 5) is 23.2. The van der Waals surface area contributed by atoms with Crippen molar-refractivity contribution >= 4 is 17.6 Å². The van der Waals surface area contributed by atoms with Crippen molar-refractivity contribution in [2.45, 2.75) is 0 Å². The summed E-state index contributed by atoms with van der Waals surface area (Å²) in [6.45, 7) is 0. The van der Waals surface area contributed by atoms with Gasteiger partial charge >= 0.3 is 0 Å². The Kier molecular flexibility index (Phi) is 4.64. The van der Waals surface area contributed by atoms with Crippen LogP contribution in [0.4, 0.5) is 0 Å². The summed E-state index contributed by atoms with van der Waals surface area (Å²) in [6, 6.07) is 18.4. The molecule has 0 aliphatic heterocycles. The molecule has 0 unspecified atom stereocenters. The van der Waals surface area contributed by atoms with E-state index in [4.69, 9.17) is 0 Å². The Morgan fingerprint density at radius 2 is 1.45 bits per heavy atom. The van der Waals surface area contributed by atoms with E-state index >= 15 is 0 Å². The number of carbonyl (C=O) groups is 2.